The van der Waals surface area contributed by atoms with Gasteiger partial charge >= 0.3 is 0 Å². The van der Waals surface area contributed by atoms with Crippen molar-refractivity contribution >= 4 is 27.9 Å². The van der Waals surface area contributed by atoms with Gasteiger partial charge in [0.15, 0.2) is 5.65 Å². The summed E-state index contributed by atoms with van der Waals surface area (Å²) in [6, 6.07) is 4.02. The first kappa shape index (κ1) is 14.8. The van der Waals surface area contributed by atoms with Gasteiger partial charge in [-0.05, 0) is 36.8 Å². The van der Waals surface area contributed by atoms with E-state index in [1.165, 1.54) is 22.4 Å². The van der Waals surface area contributed by atoms with E-state index in [-0.39, 0.29) is 5.91 Å². The van der Waals surface area contributed by atoms with E-state index in [9.17, 15) is 10.1 Å². The van der Waals surface area contributed by atoms with Gasteiger partial charge in [0, 0.05) is 17.3 Å². The van der Waals surface area contributed by atoms with Gasteiger partial charge in [0.2, 0.25) is 0 Å². The van der Waals surface area contributed by atoms with Crippen LogP contribution in [0.25, 0.3) is 5.65 Å². The molecule has 4 rings (SSSR count). The highest BCUT2D eigenvalue weighted by atomic mass is 32.1. The zero-order chi connectivity index (χ0) is 16.7. The fraction of sp³-hybridized carbons (Fsp3) is 0.294. The summed E-state index contributed by atoms with van der Waals surface area (Å²) in [5.74, 6) is 0.335. The van der Waals surface area contributed by atoms with Crippen molar-refractivity contribution in [1.29, 1.82) is 5.26 Å². The van der Waals surface area contributed by atoms with Crippen LogP contribution in [0.3, 0.4) is 0 Å². The van der Waals surface area contributed by atoms with E-state index in [1.54, 1.807) is 23.0 Å². The Labute approximate surface area is 142 Å². The number of carbonyl (C=O) groups excluding carboxylic acids is 1. The second-order valence-electron chi connectivity index (χ2n) is 6.07. The molecule has 6 nitrogen and oxygen atoms in total. The smallest absolute Gasteiger partial charge is 0.261 e. The summed E-state index contributed by atoms with van der Waals surface area (Å²) >= 11 is 1.52. The van der Waals surface area contributed by atoms with Gasteiger partial charge in [-0.25, -0.2) is 9.50 Å². The SMILES string of the molecule is CC1CCc2c(sc(NC(=O)c3cnn4cccnc34)c2C#N)C1. The van der Waals surface area contributed by atoms with E-state index in [2.05, 4.69) is 28.4 Å². The molecule has 0 bridgehead atoms. The number of carbonyl (C=O) groups is 1. The maximum absolute atomic E-state index is 12.6. The van der Waals surface area contributed by atoms with Gasteiger partial charge in [-0.15, -0.1) is 11.3 Å². The van der Waals surface area contributed by atoms with Crippen LogP contribution in [-0.2, 0) is 12.8 Å². The van der Waals surface area contributed by atoms with Gasteiger partial charge in [0.25, 0.3) is 5.91 Å². The Kier molecular flexibility index (Phi) is 3.54. The monoisotopic (exact) mass is 337 g/mol. The first-order valence-electron chi connectivity index (χ1n) is 7.81. The molecule has 0 aromatic carbocycles. The van der Waals surface area contributed by atoms with Crippen molar-refractivity contribution in [2.45, 2.75) is 26.2 Å². The van der Waals surface area contributed by atoms with E-state index >= 15 is 0 Å². The zero-order valence-corrected chi connectivity index (χ0v) is 13.9. The van der Waals surface area contributed by atoms with Gasteiger partial charge in [-0.2, -0.15) is 10.4 Å². The van der Waals surface area contributed by atoms with Gasteiger partial charge < -0.3 is 5.32 Å². The first-order valence-corrected chi connectivity index (χ1v) is 8.63. The van der Waals surface area contributed by atoms with E-state index in [0.29, 0.717) is 27.7 Å². The number of fused-ring (bicyclic) bond motifs is 2. The van der Waals surface area contributed by atoms with Crippen molar-refractivity contribution in [3.05, 3.63) is 46.2 Å². The van der Waals surface area contributed by atoms with Gasteiger partial charge in [0.05, 0.1) is 11.8 Å². The molecule has 3 aromatic rings. The molecular formula is C17H15N5OS. The Bertz CT molecular complexity index is 981. The first-order chi connectivity index (χ1) is 11.7. The maximum atomic E-state index is 12.6. The number of nitrogens with one attached hydrogen (secondary N) is 1. The summed E-state index contributed by atoms with van der Waals surface area (Å²) in [4.78, 5) is 18.0. The summed E-state index contributed by atoms with van der Waals surface area (Å²) in [6.07, 6.45) is 7.83. The average Bonchev–Trinajstić information content (AvgIpc) is 3.15. The lowest BCUT2D eigenvalue weighted by Gasteiger charge is -2.17. The van der Waals surface area contributed by atoms with Crippen molar-refractivity contribution in [2.24, 2.45) is 5.92 Å². The van der Waals surface area contributed by atoms with Gasteiger partial charge in [-0.3, -0.25) is 4.79 Å². The normalized spacial score (nSPS) is 16.6. The maximum Gasteiger partial charge on any atom is 0.261 e. The number of thiophene rings is 1. The summed E-state index contributed by atoms with van der Waals surface area (Å²) in [5, 5.41) is 17.2. The number of amides is 1. The standard InChI is InChI=1S/C17H15N5OS/c1-10-3-4-11-12(8-18)17(24-14(11)7-10)21-16(23)13-9-20-22-6-2-5-19-15(13)22/h2,5-6,9-10H,3-4,7H2,1H3,(H,21,23). The molecule has 0 aliphatic heterocycles. The number of aromatic nitrogens is 3. The topological polar surface area (TPSA) is 83.1 Å². The molecule has 0 fully saturated rings. The number of rotatable bonds is 2. The lowest BCUT2D eigenvalue weighted by Crippen LogP contribution is -2.12. The van der Waals surface area contributed by atoms with Crippen molar-refractivity contribution in [3.8, 4) is 6.07 Å². The molecule has 0 saturated carbocycles. The van der Waals surface area contributed by atoms with Crippen molar-refractivity contribution in [2.75, 3.05) is 5.32 Å². The lowest BCUT2D eigenvalue weighted by atomic mass is 9.88. The Morgan fingerprint density at radius 1 is 1.54 bits per heavy atom. The molecule has 0 spiro atoms. The molecular weight excluding hydrogens is 322 g/mol. The average molecular weight is 337 g/mol. The number of hydrogen-bond acceptors (Lipinski definition) is 5. The van der Waals surface area contributed by atoms with Crippen LogP contribution in [0.4, 0.5) is 5.00 Å². The predicted octanol–water partition coefficient (Wildman–Crippen LogP) is 3.04. The third-order valence-electron chi connectivity index (χ3n) is 4.37. The summed E-state index contributed by atoms with van der Waals surface area (Å²) < 4.78 is 1.56. The number of hydrogen-bond donors (Lipinski definition) is 1. The predicted molar refractivity (Wildman–Crippen MR) is 91.2 cm³/mol. The van der Waals surface area contributed by atoms with Crippen LogP contribution in [0.5, 0.6) is 0 Å². The Hall–Kier alpha value is -2.72. The third-order valence-corrected chi connectivity index (χ3v) is 5.54. The van der Waals surface area contributed by atoms with E-state index in [0.717, 1.165) is 24.8 Å². The second-order valence-corrected chi connectivity index (χ2v) is 7.17. The summed E-state index contributed by atoms with van der Waals surface area (Å²) in [7, 11) is 0. The fourth-order valence-electron chi connectivity index (χ4n) is 3.11. The molecule has 1 amide bonds. The highest BCUT2D eigenvalue weighted by molar-refractivity contribution is 7.16. The van der Waals surface area contributed by atoms with Crippen LogP contribution in [0.1, 0.15) is 39.7 Å². The molecule has 24 heavy (non-hydrogen) atoms. The van der Waals surface area contributed by atoms with Crippen molar-refractivity contribution in [1.82, 2.24) is 14.6 Å². The minimum absolute atomic E-state index is 0.285. The Morgan fingerprint density at radius 3 is 3.25 bits per heavy atom. The van der Waals surface area contributed by atoms with E-state index < -0.39 is 0 Å². The highest BCUT2D eigenvalue weighted by Crippen LogP contribution is 2.39. The van der Waals surface area contributed by atoms with Crippen LogP contribution in [0.15, 0.2) is 24.7 Å². The third kappa shape index (κ3) is 2.36. The second kappa shape index (κ2) is 5.73. The molecule has 1 atom stereocenters. The van der Waals surface area contributed by atoms with Gasteiger partial charge in [0.1, 0.15) is 16.6 Å². The largest absolute Gasteiger partial charge is 0.312 e. The molecule has 3 heterocycles. The highest BCUT2D eigenvalue weighted by Gasteiger charge is 2.25. The number of nitrogens with zero attached hydrogens (tertiary/aromatic N) is 4. The summed E-state index contributed by atoms with van der Waals surface area (Å²) in [5.41, 5.74) is 2.62. The lowest BCUT2D eigenvalue weighted by molar-refractivity contribution is 0.102. The molecule has 3 aromatic heterocycles. The van der Waals surface area contributed by atoms with Crippen LogP contribution < -0.4 is 5.32 Å². The quantitative estimate of drug-likeness (QED) is 0.779. The van der Waals surface area contributed by atoms with Crippen LogP contribution >= 0.6 is 11.3 Å². The van der Waals surface area contributed by atoms with Crippen LogP contribution in [0.2, 0.25) is 0 Å². The molecule has 1 unspecified atom stereocenters. The zero-order valence-electron chi connectivity index (χ0n) is 13.1. The van der Waals surface area contributed by atoms with Crippen LogP contribution in [-0.4, -0.2) is 20.5 Å². The summed E-state index contributed by atoms with van der Waals surface area (Å²) in [6.45, 7) is 2.22. The fourth-order valence-corrected chi connectivity index (χ4v) is 4.47. The molecule has 120 valence electrons. The Balaban J connectivity index is 1.68. The van der Waals surface area contributed by atoms with Gasteiger partial charge in [-0.1, -0.05) is 6.92 Å². The van der Waals surface area contributed by atoms with E-state index in [4.69, 9.17) is 0 Å². The minimum Gasteiger partial charge on any atom is -0.312 e. The molecule has 0 radical (unpaired) electrons. The molecule has 1 N–H and O–H groups in total. The van der Waals surface area contributed by atoms with Crippen molar-refractivity contribution < 1.29 is 4.79 Å². The molecule has 7 heteroatoms. The molecule has 1 aliphatic rings. The Morgan fingerprint density at radius 2 is 2.42 bits per heavy atom. The minimum atomic E-state index is -0.285. The van der Waals surface area contributed by atoms with E-state index in [1.807, 2.05) is 0 Å². The number of nitriles is 1. The molecule has 1 aliphatic carbocycles. The van der Waals surface area contributed by atoms with Crippen LogP contribution in [0, 0.1) is 17.2 Å². The molecule has 0 saturated heterocycles. The number of anilines is 1. The van der Waals surface area contributed by atoms with Crippen molar-refractivity contribution in [3.63, 3.8) is 0 Å².